The van der Waals surface area contributed by atoms with E-state index in [4.69, 9.17) is 1.37 Å². The lowest BCUT2D eigenvalue weighted by Gasteiger charge is -1.94. The van der Waals surface area contributed by atoms with E-state index in [1.54, 1.807) is 35.9 Å². The van der Waals surface area contributed by atoms with Gasteiger partial charge >= 0.3 is 5.69 Å². The fourth-order valence-electron chi connectivity index (χ4n) is 1.81. The van der Waals surface area contributed by atoms with Gasteiger partial charge in [-0.3, -0.25) is 14.8 Å². The summed E-state index contributed by atoms with van der Waals surface area (Å²) in [5.74, 6) is 6.12. The summed E-state index contributed by atoms with van der Waals surface area (Å²) in [6.07, 6.45) is 0. The highest BCUT2D eigenvalue weighted by Crippen LogP contribution is 2.05. The highest BCUT2D eigenvalue weighted by atomic mass is 16.2. The van der Waals surface area contributed by atoms with Gasteiger partial charge in [0.15, 0.2) is 11.3 Å². The minimum atomic E-state index is -0.582. The SMILES string of the molecule is [3H]c1ccc(C#Cc2nc3c(=O)[nH]c(=O)[nH]c3n2C)cc1. The van der Waals surface area contributed by atoms with Gasteiger partial charge in [0.2, 0.25) is 0 Å². The maximum absolute atomic E-state index is 11.7. The van der Waals surface area contributed by atoms with Crippen LogP contribution in [0.3, 0.4) is 0 Å². The van der Waals surface area contributed by atoms with E-state index >= 15 is 0 Å². The molecule has 98 valence electrons. The monoisotopic (exact) mass is 268 g/mol. The van der Waals surface area contributed by atoms with E-state index in [0.29, 0.717) is 17.5 Å². The van der Waals surface area contributed by atoms with E-state index in [1.807, 2.05) is 0 Å². The van der Waals surface area contributed by atoms with Crippen LogP contribution < -0.4 is 11.2 Å². The van der Waals surface area contributed by atoms with Crippen molar-refractivity contribution in [3.8, 4) is 11.8 Å². The van der Waals surface area contributed by atoms with E-state index in [9.17, 15) is 9.59 Å². The van der Waals surface area contributed by atoms with Crippen LogP contribution in [0.5, 0.6) is 0 Å². The summed E-state index contributed by atoms with van der Waals surface area (Å²) in [7, 11) is 1.67. The fourth-order valence-corrected chi connectivity index (χ4v) is 1.81. The lowest BCUT2D eigenvalue weighted by molar-refractivity contribution is 0.901. The molecule has 2 N–H and O–H groups in total. The number of aromatic nitrogens is 4. The molecule has 0 bridgehead atoms. The molecule has 3 rings (SSSR count). The number of aryl methyl sites for hydroxylation is 1. The van der Waals surface area contributed by atoms with Crippen LogP contribution in [0.2, 0.25) is 0 Å². The second kappa shape index (κ2) is 4.55. The van der Waals surface area contributed by atoms with Crippen LogP contribution in [-0.2, 0) is 7.05 Å². The van der Waals surface area contributed by atoms with Crippen molar-refractivity contribution in [2.45, 2.75) is 0 Å². The van der Waals surface area contributed by atoms with Crippen molar-refractivity contribution in [3.63, 3.8) is 0 Å². The molecule has 0 saturated carbocycles. The van der Waals surface area contributed by atoms with E-state index in [-0.39, 0.29) is 5.52 Å². The number of fused-ring (bicyclic) bond motifs is 1. The van der Waals surface area contributed by atoms with Crippen molar-refractivity contribution < 1.29 is 1.37 Å². The average molecular weight is 268 g/mol. The summed E-state index contributed by atoms with van der Waals surface area (Å²) < 4.78 is 8.96. The van der Waals surface area contributed by atoms with E-state index < -0.39 is 11.2 Å². The van der Waals surface area contributed by atoms with Crippen LogP contribution in [0.15, 0.2) is 39.9 Å². The summed E-state index contributed by atoms with van der Waals surface area (Å²) in [5.41, 5.74) is 0.0786. The molecule has 0 amide bonds. The summed E-state index contributed by atoms with van der Waals surface area (Å²) in [4.78, 5) is 31.7. The Morgan fingerprint density at radius 2 is 2.00 bits per heavy atom. The number of benzene rings is 1. The third-order valence-corrected chi connectivity index (χ3v) is 2.81. The van der Waals surface area contributed by atoms with Crippen molar-refractivity contribution in [2.75, 3.05) is 0 Å². The average Bonchev–Trinajstić information content (AvgIpc) is 2.76. The van der Waals surface area contributed by atoms with E-state index in [1.165, 1.54) is 0 Å². The Kier molecular flexibility index (Phi) is 2.46. The van der Waals surface area contributed by atoms with Gasteiger partial charge in [-0.1, -0.05) is 24.1 Å². The minimum absolute atomic E-state index is 0.142. The van der Waals surface area contributed by atoms with Gasteiger partial charge in [-0.15, -0.1) is 0 Å². The van der Waals surface area contributed by atoms with Crippen LogP contribution in [0.1, 0.15) is 12.8 Å². The Balaban J connectivity index is 2.12. The first kappa shape index (κ1) is 10.8. The molecule has 0 unspecified atom stereocenters. The molecule has 3 aromatic rings. The minimum Gasteiger partial charge on any atom is -0.306 e. The Morgan fingerprint density at radius 1 is 1.25 bits per heavy atom. The molecule has 0 saturated heterocycles. The molecule has 0 radical (unpaired) electrons. The standard InChI is InChI=1S/C14H10N4O2/c1-18-10(8-7-9-5-3-2-4-6-9)15-11-12(18)16-14(20)17-13(11)19/h2-6H,1H3,(H2,16,17,19,20)/i2T. The van der Waals surface area contributed by atoms with Crippen LogP contribution in [-0.4, -0.2) is 19.5 Å². The van der Waals surface area contributed by atoms with Crippen LogP contribution in [0.25, 0.3) is 11.2 Å². The van der Waals surface area contributed by atoms with Crippen molar-refractivity contribution >= 4 is 11.2 Å². The maximum Gasteiger partial charge on any atom is 0.327 e. The summed E-state index contributed by atoms with van der Waals surface area (Å²) in [6, 6.07) is 7.15. The summed E-state index contributed by atoms with van der Waals surface area (Å²) in [6.45, 7) is 0. The number of nitrogens with zero attached hydrogens (tertiary/aromatic N) is 2. The molecule has 0 aliphatic heterocycles. The lowest BCUT2D eigenvalue weighted by Crippen LogP contribution is -2.22. The zero-order chi connectivity index (χ0) is 15.0. The molecule has 2 aromatic heterocycles. The molecule has 0 spiro atoms. The second-order valence-corrected chi connectivity index (χ2v) is 4.14. The summed E-state index contributed by atoms with van der Waals surface area (Å²) >= 11 is 0. The van der Waals surface area contributed by atoms with Crippen LogP contribution in [0.4, 0.5) is 0 Å². The number of hydrogen-bond acceptors (Lipinski definition) is 3. The summed E-state index contributed by atoms with van der Waals surface area (Å²) in [5, 5.41) is 0. The molecule has 0 aliphatic rings. The van der Waals surface area contributed by atoms with Gasteiger partial charge in [0, 0.05) is 12.6 Å². The van der Waals surface area contributed by atoms with E-state index in [2.05, 4.69) is 26.8 Å². The van der Waals surface area contributed by atoms with E-state index in [0.717, 1.165) is 5.56 Å². The first-order chi connectivity index (χ1) is 10.0. The number of H-pyrrole nitrogens is 2. The topological polar surface area (TPSA) is 83.5 Å². The Bertz CT molecular complexity index is 1000. The molecule has 6 heteroatoms. The highest BCUT2D eigenvalue weighted by molar-refractivity contribution is 5.70. The molecular formula is C14H10N4O2. The van der Waals surface area contributed by atoms with Crippen molar-refractivity contribution in [1.29, 1.82) is 0 Å². The molecule has 0 aliphatic carbocycles. The Hall–Kier alpha value is -3.07. The first-order valence-corrected chi connectivity index (χ1v) is 5.82. The zero-order valence-electron chi connectivity index (χ0n) is 11.5. The number of rotatable bonds is 0. The molecule has 20 heavy (non-hydrogen) atoms. The van der Waals surface area contributed by atoms with Crippen LogP contribution in [0, 0.1) is 11.8 Å². The third-order valence-electron chi connectivity index (χ3n) is 2.81. The number of imidazole rings is 1. The Labute approximate surface area is 114 Å². The molecule has 2 heterocycles. The van der Waals surface area contributed by atoms with Gasteiger partial charge in [0.05, 0.1) is 1.37 Å². The number of aromatic amines is 2. The van der Waals surface area contributed by atoms with Gasteiger partial charge in [-0.05, 0) is 18.1 Å². The molecule has 6 nitrogen and oxygen atoms in total. The van der Waals surface area contributed by atoms with Crippen LogP contribution >= 0.6 is 0 Å². The predicted molar refractivity (Wildman–Crippen MR) is 74.4 cm³/mol. The quantitative estimate of drug-likeness (QED) is 0.577. The zero-order valence-corrected chi connectivity index (χ0v) is 10.5. The fraction of sp³-hybridized carbons (Fsp3) is 0.0714. The molecule has 0 fully saturated rings. The predicted octanol–water partition coefficient (Wildman–Crippen LogP) is 0.350. The van der Waals surface area contributed by atoms with Crippen molar-refractivity contribution in [3.05, 3.63) is 62.5 Å². The first-order valence-electron chi connectivity index (χ1n) is 6.32. The largest absolute Gasteiger partial charge is 0.327 e. The maximum atomic E-state index is 11.7. The second-order valence-electron chi connectivity index (χ2n) is 4.14. The smallest absolute Gasteiger partial charge is 0.306 e. The molecular weight excluding hydrogens is 256 g/mol. The normalized spacial score (nSPS) is 10.9. The van der Waals surface area contributed by atoms with Gasteiger partial charge in [0.1, 0.15) is 5.65 Å². The van der Waals surface area contributed by atoms with Gasteiger partial charge in [-0.2, -0.15) is 0 Å². The molecule has 1 aromatic carbocycles. The van der Waals surface area contributed by atoms with Crippen molar-refractivity contribution in [1.82, 2.24) is 19.5 Å². The highest BCUT2D eigenvalue weighted by Gasteiger charge is 2.10. The van der Waals surface area contributed by atoms with Crippen molar-refractivity contribution in [2.24, 2.45) is 7.05 Å². The Morgan fingerprint density at radius 3 is 2.75 bits per heavy atom. The number of hydrogen-bond donors (Lipinski definition) is 2. The van der Waals surface area contributed by atoms with Gasteiger partial charge in [0.25, 0.3) is 5.56 Å². The third kappa shape index (κ3) is 2.01. The molecule has 0 atom stereocenters. The van der Waals surface area contributed by atoms with Gasteiger partial charge < -0.3 is 4.57 Å². The number of nitrogens with one attached hydrogen (secondary N) is 2. The lowest BCUT2D eigenvalue weighted by atomic mass is 10.2. The van der Waals surface area contributed by atoms with Gasteiger partial charge in [-0.25, -0.2) is 9.78 Å².